The van der Waals surface area contributed by atoms with E-state index in [0.29, 0.717) is 11.3 Å². The zero-order chi connectivity index (χ0) is 22.9. The minimum absolute atomic E-state index is 0.0213. The van der Waals surface area contributed by atoms with Crippen molar-refractivity contribution in [2.75, 3.05) is 13.2 Å². The van der Waals surface area contributed by atoms with Crippen LogP contribution in [0.25, 0.3) is 6.08 Å². The summed E-state index contributed by atoms with van der Waals surface area (Å²) in [6, 6.07) is 14.8. The molecule has 0 aliphatic rings. The first-order chi connectivity index (χ1) is 15.5. The number of rotatable bonds is 10. The van der Waals surface area contributed by atoms with E-state index in [1.165, 1.54) is 11.0 Å². The van der Waals surface area contributed by atoms with Crippen molar-refractivity contribution in [3.8, 4) is 11.8 Å². The van der Waals surface area contributed by atoms with Crippen molar-refractivity contribution in [3.05, 3.63) is 81.3 Å². The molecule has 0 spiro atoms. The normalized spacial score (nSPS) is 10.8. The van der Waals surface area contributed by atoms with Gasteiger partial charge in [-0.05, 0) is 61.6 Å². The number of carbonyl (C=O) groups is 2. The van der Waals surface area contributed by atoms with E-state index in [1.54, 1.807) is 41.7 Å². The van der Waals surface area contributed by atoms with Crippen molar-refractivity contribution in [2.24, 2.45) is 0 Å². The van der Waals surface area contributed by atoms with Gasteiger partial charge in [0.1, 0.15) is 11.8 Å². The molecule has 32 heavy (non-hydrogen) atoms. The van der Waals surface area contributed by atoms with Gasteiger partial charge in [-0.3, -0.25) is 4.79 Å². The highest BCUT2D eigenvalue weighted by Gasteiger charge is 2.17. The number of carbonyl (C=O) groups excluding carboxylic acids is 2. The number of aromatic nitrogens is 1. The van der Waals surface area contributed by atoms with Gasteiger partial charge < -0.3 is 14.0 Å². The molecule has 0 atom stereocenters. The minimum Gasteiger partial charge on any atom is -0.479 e. The van der Waals surface area contributed by atoms with Gasteiger partial charge in [-0.15, -0.1) is 11.3 Å². The lowest BCUT2D eigenvalue weighted by atomic mass is 10.1. The fraction of sp³-hybridized carbons (Fsp3) is 0.240. The number of esters is 1. The monoisotopic (exact) mass is 448 g/mol. The van der Waals surface area contributed by atoms with Crippen LogP contribution >= 0.6 is 11.3 Å². The molecule has 3 rings (SSSR count). The Balaban J connectivity index is 1.52. The Morgan fingerprint density at radius 2 is 1.97 bits per heavy atom. The number of ketones is 1. The largest absolute Gasteiger partial charge is 0.479 e. The maximum Gasteiger partial charge on any atom is 0.331 e. The summed E-state index contributed by atoms with van der Waals surface area (Å²) in [5.41, 5.74) is 3.25. The number of thiophene rings is 1. The van der Waals surface area contributed by atoms with Crippen LogP contribution < -0.4 is 4.74 Å². The van der Waals surface area contributed by atoms with E-state index in [1.807, 2.05) is 32.0 Å². The van der Waals surface area contributed by atoms with Crippen molar-refractivity contribution in [2.45, 2.75) is 26.8 Å². The molecule has 0 N–H and O–H groups in total. The SMILES string of the molecule is Cc1cc(C(=O)COC(=O)/C=C/c2ccc(OCC#N)cc2)c(C)n1CCc1cccs1. The Hall–Kier alpha value is -3.63. The Kier molecular flexibility index (Phi) is 8.01. The fourth-order valence-corrected chi connectivity index (χ4v) is 4.02. The number of ether oxygens (including phenoxy) is 2. The van der Waals surface area contributed by atoms with Crippen LogP contribution in [0, 0.1) is 25.2 Å². The predicted molar refractivity (Wildman–Crippen MR) is 124 cm³/mol. The van der Waals surface area contributed by atoms with E-state index >= 15 is 0 Å². The zero-order valence-corrected chi connectivity index (χ0v) is 18.9. The summed E-state index contributed by atoms with van der Waals surface area (Å²) in [7, 11) is 0. The minimum atomic E-state index is -0.588. The van der Waals surface area contributed by atoms with Crippen LogP contribution in [0.15, 0.2) is 53.9 Å². The molecule has 0 aliphatic carbocycles. The van der Waals surface area contributed by atoms with Crippen molar-refractivity contribution < 1.29 is 19.1 Å². The molecule has 0 bridgehead atoms. The molecule has 3 aromatic rings. The number of nitrogens with zero attached hydrogens (tertiary/aromatic N) is 2. The molecule has 164 valence electrons. The van der Waals surface area contributed by atoms with Gasteiger partial charge in [0.25, 0.3) is 0 Å². The van der Waals surface area contributed by atoms with Crippen molar-refractivity contribution >= 4 is 29.2 Å². The summed E-state index contributed by atoms with van der Waals surface area (Å²) >= 11 is 1.72. The summed E-state index contributed by atoms with van der Waals surface area (Å²) < 4.78 is 12.4. The average molecular weight is 449 g/mol. The van der Waals surface area contributed by atoms with Gasteiger partial charge in [-0.1, -0.05) is 18.2 Å². The smallest absolute Gasteiger partial charge is 0.331 e. The van der Waals surface area contributed by atoms with Gasteiger partial charge in [0, 0.05) is 34.4 Å². The lowest BCUT2D eigenvalue weighted by molar-refractivity contribution is -0.136. The topological polar surface area (TPSA) is 81.3 Å². The third-order valence-electron chi connectivity index (χ3n) is 4.98. The van der Waals surface area contributed by atoms with E-state index in [9.17, 15) is 9.59 Å². The number of aryl methyl sites for hydroxylation is 2. The quantitative estimate of drug-likeness (QED) is 0.254. The van der Waals surface area contributed by atoms with Crippen LogP contribution in [-0.2, 0) is 22.5 Å². The molecule has 0 radical (unpaired) electrons. The molecule has 0 aliphatic heterocycles. The Labute approximate surface area is 191 Å². The molecular formula is C25H24N2O4S. The zero-order valence-electron chi connectivity index (χ0n) is 18.0. The molecular weight excluding hydrogens is 424 g/mol. The van der Waals surface area contributed by atoms with Crippen LogP contribution in [-0.4, -0.2) is 29.5 Å². The van der Waals surface area contributed by atoms with E-state index < -0.39 is 5.97 Å². The van der Waals surface area contributed by atoms with Gasteiger partial charge in [0.15, 0.2) is 13.2 Å². The van der Waals surface area contributed by atoms with E-state index in [4.69, 9.17) is 14.7 Å². The second-order valence-corrected chi connectivity index (χ2v) is 8.18. The predicted octanol–water partition coefficient (Wildman–Crippen LogP) is 4.75. The third-order valence-corrected chi connectivity index (χ3v) is 5.91. The molecule has 0 fully saturated rings. The van der Waals surface area contributed by atoms with Crippen molar-refractivity contribution in [3.63, 3.8) is 0 Å². The van der Waals surface area contributed by atoms with Crippen molar-refractivity contribution in [1.82, 2.24) is 4.57 Å². The first kappa shape index (κ1) is 23.0. The standard InChI is InChI=1S/C25H24N2O4S/c1-18-16-23(19(2)27(18)13-11-22-4-3-15-32-22)24(28)17-31-25(29)10-7-20-5-8-21(9-6-20)30-14-12-26/h3-10,15-16H,11,13-14,17H2,1-2H3/b10-7+. The van der Waals surface area contributed by atoms with Gasteiger partial charge in [0.2, 0.25) is 5.78 Å². The molecule has 0 saturated heterocycles. The highest BCUT2D eigenvalue weighted by atomic mass is 32.1. The first-order valence-corrected chi connectivity index (χ1v) is 11.0. The van der Waals surface area contributed by atoms with Gasteiger partial charge >= 0.3 is 5.97 Å². The number of Topliss-reactive ketones (excluding diaryl/α,β-unsaturated/α-hetero) is 1. The summed E-state index contributed by atoms with van der Waals surface area (Å²) in [6.07, 6.45) is 3.78. The molecule has 6 nitrogen and oxygen atoms in total. The Morgan fingerprint density at radius 1 is 1.19 bits per heavy atom. The van der Waals surface area contributed by atoms with Crippen LogP contribution in [0.2, 0.25) is 0 Å². The average Bonchev–Trinajstić information content (AvgIpc) is 3.41. The highest BCUT2D eigenvalue weighted by Crippen LogP contribution is 2.18. The Morgan fingerprint density at radius 3 is 2.66 bits per heavy atom. The van der Waals surface area contributed by atoms with Crippen LogP contribution in [0.4, 0.5) is 0 Å². The van der Waals surface area contributed by atoms with Crippen LogP contribution in [0.3, 0.4) is 0 Å². The van der Waals surface area contributed by atoms with Crippen LogP contribution in [0.1, 0.15) is 32.2 Å². The van der Waals surface area contributed by atoms with E-state index in [2.05, 4.69) is 16.0 Å². The highest BCUT2D eigenvalue weighted by molar-refractivity contribution is 7.09. The number of benzene rings is 1. The van der Waals surface area contributed by atoms with Crippen LogP contribution in [0.5, 0.6) is 5.75 Å². The maximum absolute atomic E-state index is 12.6. The third kappa shape index (κ3) is 6.19. The second kappa shape index (κ2) is 11.1. The summed E-state index contributed by atoms with van der Waals surface area (Å²) in [5, 5.41) is 10.6. The van der Waals surface area contributed by atoms with E-state index in [-0.39, 0.29) is 19.0 Å². The number of nitriles is 1. The maximum atomic E-state index is 12.6. The van der Waals surface area contributed by atoms with Gasteiger partial charge in [-0.2, -0.15) is 5.26 Å². The second-order valence-electron chi connectivity index (χ2n) is 7.15. The molecule has 0 saturated carbocycles. The lowest BCUT2D eigenvalue weighted by Crippen LogP contribution is -2.14. The fourth-order valence-electron chi connectivity index (χ4n) is 3.32. The van der Waals surface area contributed by atoms with Gasteiger partial charge in [0.05, 0.1) is 0 Å². The number of hydrogen-bond donors (Lipinski definition) is 0. The number of hydrogen-bond acceptors (Lipinski definition) is 6. The Bertz CT molecular complexity index is 1140. The molecule has 2 aromatic heterocycles. The summed E-state index contributed by atoms with van der Waals surface area (Å²) in [4.78, 5) is 25.9. The summed E-state index contributed by atoms with van der Waals surface area (Å²) in [6.45, 7) is 4.37. The lowest BCUT2D eigenvalue weighted by Gasteiger charge is -2.09. The molecule has 0 amide bonds. The summed E-state index contributed by atoms with van der Waals surface area (Å²) in [5.74, 6) is -0.235. The molecule has 7 heteroatoms. The molecule has 1 aromatic carbocycles. The van der Waals surface area contributed by atoms with Crippen molar-refractivity contribution in [1.29, 1.82) is 5.26 Å². The first-order valence-electron chi connectivity index (χ1n) is 10.1. The van der Waals surface area contributed by atoms with E-state index in [0.717, 1.165) is 29.9 Å². The van der Waals surface area contributed by atoms with Gasteiger partial charge in [-0.25, -0.2) is 4.79 Å². The molecule has 2 heterocycles. The molecule has 0 unspecified atom stereocenters.